The minimum atomic E-state index is -0.139. The van der Waals surface area contributed by atoms with Crippen LogP contribution in [0.2, 0.25) is 0 Å². The molecule has 23 heavy (non-hydrogen) atoms. The van der Waals surface area contributed by atoms with Crippen LogP contribution in [0.4, 0.5) is 0 Å². The van der Waals surface area contributed by atoms with Gasteiger partial charge in [0.15, 0.2) is 0 Å². The summed E-state index contributed by atoms with van der Waals surface area (Å²) in [4.78, 5) is 16.8. The summed E-state index contributed by atoms with van der Waals surface area (Å²) in [5, 5.41) is 2.99. The van der Waals surface area contributed by atoms with Gasteiger partial charge in [-0.1, -0.05) is 12.1 Å². The lowest BCUT2D eigenvalue weighted by atomic mass is 10.1. The van der Waals surface area contributed by atoms with E-state index in [0.29, 0.717) is 5.56 Å². The number of carbonyl (C=O) groups is 1. The fourth-order valence-electron chi connectivity index (χ4n) is 2.51. The van der Waals surface area contributed by atoms with Crippen LogP contribution >= 0.6 is 0 Å². The summed E-state index contributed by atoms with van der Waals surface area (Å²) in [6.45, 7) is 3.97. The molecule has 0 radical (unpaired) electrons. The summed E-state index contributed by atoms with van der Waals surface area (Å²) in [5.74, 6) is -0.100. The van der Waals surface area contributed by atoms with Crippen molar-refractivity contribution in [3.8, 4) is 5.69 Å². The Bertz CT molecular complexity index is 795. The monoisotopic (exact) mass is 305 g/mol. The maximum absolute atomic E-state index is 12.5. The van der Waals surface area contributed by atoms with Crippen molar-refractivity contribution < 1.29 is 4.79 Å². The van der Waals surface area contributed by atoms with Crippen molar-refractivity contribution in [3.05, 3.63) is 83.9 Å². The van der Waals surface area contributed by atoms with Crippen molar-refractivity contribution in [1.29, 1.82) is 0 Å². The first kappa shape index (κ1) is 15.0. The Balaban J connectivity index is 1.82. The van der Waals surface area contributed by atoms with Gasteiger partial charge in [-0.15, -0.1) is 0 Å². The molecule has 0 spiro atoms. The second-order valence-electron chi connectivity index (χ2n) is 5.54. The number of carbonyl (C=O) groups excluding carboxylic acids is 1. The average molecular weight is 305 g/mol. The summed E-state index contributed by atoms with van der Waals surface area (Å²) in [7, 11) is 0. The smallest absolute Gasteiger partial charge is 0.251 e. The maximum atomic E-state index is 12.5. The van der Waals surface area contributed by atoms with Crippen LogP contribution in [-0.2, 0) is 0 Å². The normalized spacial score (nSPS) is 11.9. The molecule has 0 aliphatic heterocycles. The number of amides is 1. The molecule has 1 amide bonds. The molecule has 2 aromatic heterocycles. The Hall–Kier alpha value is -2.88. The van der Waals surface area contributed by atoms with Gasteiger partial charge in [-0.25, -0.2) is 0 Å². The van der Waals surface area contributed by atoms with Crippen LogP contribution in [0.1, 0.15) is 34.6 Å². The van der Waals surface area contributed by atoms with E-state index in [-0.39, 0.29) is 11.9 Å². The molecule has 2 heterocycles. The Morgan fingerprint density at radius 3 is 2.61 bits per heavy atom. The molecule has 1 unspecified atom stereocenters. The first-order valence-electron chi connectivity index (χ1n) is 7.61. The van der Waals surface area contributed by atoms with Crippen LogP contribution in [0, 0.1) is 6.92 Å². The highest BCUT2D eigenvalue weighted by Gasteiger charge is 2.13. The molecular weight excluding hydrogens is 286 g/mol. The number of rotatable bonds is 4. The molecule has 0 fully saturated rings. The van der Waals surface area contributed by atoms with E-state index in [1.165, 1.54) is 0 Å². The van der Waals surface area contributed by atoms with Crippen LogP contribution in [-0.4, -0.2) is 15.5 Å². The Labute approximate surface area is 135 Å². The molecule has 0 bridgehead atoms. The van der Waals surface area contributed by atoms with Gasteiger partial charge in [-0.3, -0.25) is 9.78 Å². The van der Waals surface area contributed by atoms with E-state index in [0.717, 1.165) is 16.9 Å². The molecule has 0 aliphatic carbocycles. The Morgan fingerprint density at radius 1 is 1.13 bits per heavy atom. The second kappa shape index (κ2) is 6.48. The van der Waals surface area contributed by atoms with E-state index in [2.05, 4.69) is 10.3 Å². The molecule has 3 rings (SSSR count). The summed E-state index contributed by atoms with van der Waals surface area (Å²) in [6, 6.07) is 15.2. The first-order valence-corrected chi connectivity index (χ1v) is 7.61. The summed E-state index contributed by atoms with van der Waals surface area (Å²) < 4.78 is 2.01. The zero-order valence-corrected chi connectivity index (χ0v) is 13.2. The van der Waals surface area contributed by atoms with Crippen LogP contribution < -0.4 is 5.32 Å². The Kier molecular flexibility index (Phi) is 4.24. The fourth-order valence-corrected chi connectivity index (χ4v) is 2.51. The minimum Gasteiger partial charge on any atom is -0.344 e. The van der Waals surface area contributed by atoms with Gasteiger partial charge in [0.1, 0.15) is 0 Å². The number of nitrogens with one attached hydrogen (secondary N) is 1. The third kappa shape index (κ3) is 3.31. The molecule has 3 aromatic rings. The second-order valence-corrected chi connectivity index (χ2v) is 5.54. The van der Waals surface area contributed by atoms with E-state index < -0.39 is 0 Å². The lowest BCUT2D eigenvalue weighted by Gasteiger charge is -2.15. The van der Waals surface area contributed by atoms with E-state index in [4.69, 9.17) is 0 Å². The molecule has 0 aliphatic rings. The Morgan fingerprint density at radius 2 is 1.91 bits per heavy atom. The molecule has 1 atom stereocenters. The van der Waals surface area contributed by atoms with Gasteiger partial charge in [0.2, 0.25) is 0 Å². The fraction of sp³-hybridized carbons (Fsp3) is 0.158. The summed E-state index contributed by atoms with van der Waals surface area (Å²) in [5.41, 5.74) is 3.62. The number of hydrogen-bond acceptors (Lipinski definition) is 2. The van der Waals surface area contributed by atoms with Gasteiger partial charge in [-0.2, -0.15) is 0 Å². The summed E-state index contributed by atoms with van der Waals surface area (Å²) >= 11 is 0. The predicted molar refractivity (Wildman–Crippen MR) is 90.6 cm³/mol. The molecule has 116 valence electrons. The number of aryl methyl sites for hydroxylation is 1. The average Bonchev–Trinajstić information content (AvgIpc) is 3.10. The highest BCUT2D eigenvalue weighted by molar-refractivity contribution is 5.95. The standard InChI is InChI=1S/C19H19N3O/c1-14-8-9-16(13-18(14)22-11-5-6-12-22)19(23)21-15(2)17-7-3-4-10-20-17/h3-13,15H,1-2H3,(H,21,23). The topological polar surface area (TPSA) is 46.9 Å². The van der Waals surface area contributed by atoms with Crippen molar-refractivity contribution in [3.63, 3.8) is 0 Å². The van der Waals surface area contributed by atoms with E-state index in [1.54, 1.807) is 6.20 Å². The SMILES string of the molecule is Cc1ccc(C(=O)NC(C)c2ccccn2)cc1-n1cccc1. The molecule has 4 nitrogen and oxygen atoms in total. The summed E-state index contributed by atoms with van der Waals surface area (Å²) in [6.07, 6.45) is 5.68. The molecular formula is C19H19N3O. The lowest BCUT2D eigenvalue weighted by molar-refractivity contribution is 0.0939. The molecule has 1 aromatic carbocycles. The van der Waals surface area contributed by atoms with Crippen molar-refractivity contribution in [2.24, 2.45) is 0 Å². The number of benzene rings is 1. The third-order valence-electron chi connectivity index (χ3n) is 3.83. The number of hydrogen-bond donors (Lipinski definition) is 1. The van der Waals surface area contributed by atoms with Crippen LogP contribution in [0.25, 0.3) is 5.69 Å². The van der Waals surface area contributed by atoms with Gasteiger partial charge < -0.3 is 9.88 Å². The van der Waals surface area contributed by atoms with Crippen molar-refractivity contribution in [1.82, 2.24) is 14.9 Å². The van der Waals surface area contributed by atoms with Crippen LogP contribution in [0.5, 0.6) is 0 Å². The van der Waals surface area contributed by atoms with E-state index >= 15 is 0 Å². The quantitative estimate of drug-likeness (QED) is 0.799. The number of aromatic nitrogens is 2. The van der Waals surface area contributed by atoms with Crippen LogP contribution in [0.3, 0.4) is 0 Å². The van der Waals surface area contributed by atoms with Gasteiger partial charge >= 0.3 is 0 Å². The maximum Gasteiger partial charge on any atom is 0.251 e. The molecule has 0 saturated carbocycles. The largest absolute Gasteiger partial charge is 0.344 e. The zero-order chi connectivity index (χ0) is 16.2. The van der Waals surface area contributed by atoms with Crippen LogP contribution in [0.15, 0.2) is 67.1 Å². The van der Waals surface area contributed by atoms with Crippen molar-refractivity contribution in [2.75, 3.05) is 0 Å². The molecule has 0 saturated heterocycles. The predicted octanol–water partition coefficient (Wildman–Crippen LogP) is 3.67. The highest BCUT2D eigenvalue weighted by Crippen LogP contribution is 2.17. The van der Waals surface area contributed by atoms with Gasteiger partial charge in [0.25, 0.3) is 5.91 Å². The van der Waals surface area contributed by atoms with Crippen molar-refractivity contribution in [2.45, 2.75) is 19.9 Å². The number of nitrogens with zero attached hydrogens (tertiary/aromatic N) is 2. The first-order chi connectivity index (χ1) is 11.1. The zero-order valence-electron chi connectivity index (χ0n) is 13.2. The third-order valence-corrected chi connectivity index (χ3v) is 3.83. The van der Waals surface area contributed by atoms with Crippen molar-refractivity contribution >= 4 is 5.91 Å². The van der Waals surface area contributed by atoms with Gasteiger partial charge in [0, 0.05) is 29.8 Å². The molecule has 4 heteroatoms. The van der Waals surface area contributed by atoms with E-state index in [9.17, 15) is 4.79 Å². The minimum absolute atomic E-state index is 0.100. The van der Waals surface area contributed by atoms with E-state index in [1.807, 2.05) is 79.3 Å². The lowest BCUT2D eigenvalue weighted by Crippen LogP contribution is -2.27. The van der Waals surface area contributed by atoms with Gasteiger partial charge in [-0.05, 0) is 55.8 Å². The molecule has 1 N–H and O–H groups in total. The highest BCUT2D eigenvalue weighted by atomic mass is 16.1. The number of pyridine rings is 1. The van der Waals surface area contributed by atoms with Gasteiger partial charge in [0.05, 0.1) is 11.7 Å².